The molecule has 1 heterocycles. The van der Waals surface area contributed by atoms with E-state index in [9.17, 15) is 19.2 Å². The van der Waals surface area contributed by atoms with Gasteiger partial charge in [0.2, 0.25) is 23.6 Å². The number of carbonyl (C=O) groups excluding carboxylic acids is 4. The van der Waals surface area contributed by atoms with Crippen molar-refractivity contribution in [2.45, 2.75) is 63.7 Å². The minimum atomic E-state index is -1.03. The molecule has 1 fully saturated rings. The lowest BCUT2D eigenvalue weighted by atomic mass is 10.00. The molecule has 1 aliphatic rings. The van der Waals surface area contributed by atoms with Gasteiger partial charge in [0.05, 0.1) is 12.6 Å². The van der Waals surface area contributed by atoms with Gasteiger partial charge in [0, 0.05) is 26.1 Å². The predicted molar refractivity (Wildman–Crippen MR) is 178 cm³/mol. The highest BCUT2D eigenvalue weighted by atomic mass is 16.2. The van der Waals surface area contributed by atoms with Crippen molar-refractivity contribution >= 4 is 29.6 Å². The molecule has 2 aromatic rings. The molecule has 13 nitrogen and oxygen atoms in total. The largest absolute Gasteiger partial charge is 0.370 e. The quantitative estimate of drug-likeness (QED) is 0.0990. The van der Waals surface area contributed by atoms with Crippen molar-refractivity contribution in [2.24, 2.45) is 28.1 Å². The topological polar surface area (TPSA) is 210 Å². The van der Waals surface area contributed by atoms with Crippen molar-refractivity contribution in [1.82, 2.24) is 26.2 Å². The van der Waals surface area contributed by atoms with E-state index in [1.54, 1.807) is 4.90 Å². The summed E-state index contributed by atoms with van der Waals surface area (Å²) in [7, 11) is 0. The Hall–Kier alpha value is -4.49. The summed E-state index contributed by atoms with van der Waals surface area (Å²) in [5, 5.41) is 11.7. The Kier molecular flexibility index (Phi) is 14.4. The standard InChI is InChI=1S/C33H49N9O4/c1-22(2)18-26(30(44)41-28(21-38-33(35)36)32(46)42-16-9-14-37-15-17-42)40-31(45)27(20-24-12-7-4-8-13-24)39-29(43)25(34)19-23-10-5-3-6-11-23/h3-8,10-13,22,25-28,37H,9,14-21,34H2,1-2H3,(H,39,43)(H,40,45)(H,41,44)(H4,35,36,38)/t25-,26-,27-,28-/m1/s1. The molecule has 4 atom stereocenters. The minimum Gasteiger partial charge on any atom is -0.370 e. The molecule has 4 amide bonds. The zero-order valence-electron chi connectivity index (χ0n) is 26.8. The number of hydrogen-bond acceptors (Lipinski definition) is 7. The molecule has 1 saturated heterocycles. The molecule has 13 heteroatoms. The third kappa shape index (κ3) is 12.1. The van der Waals surface area contributed by atoms with E-state index in [0.29, 0.717) is 26.1 Å². The smallest absolute Gasteiger partial charge is 0.247 e. The van der Waals surface area contributed by atoms with E-state index < -0.39 is 41.9 Å². The Morgan fingerprint density at radius 2 is 1.35 bits per heavy atom. The molecule has 0 aliphatic carbocycles. The second kappa shape index (κ2) is 18.5. The van der Waals surface area contributed by atoms with Crippen LogP contribution in [0.1, 0.15) is 37.8 Å². The first-order valence-electron chi connectivity index (χ1n) is 15.8. The molecule has 2 aromatic carbocycles. The second-order valence-corrected chi connectivity index (χ2v) is 12.0. The predicted octanol–water partition coefficient (Wildman–Crippen LogP) is -0.605. The summed E-state index contributed by atoms with van der Waals surface area (Å²) in [5.74, 6) is -2.08. The number of amides is 4. The van der Waals surface area contributed by atoms with E-state index in [1.165, 1.54) is 0 Å². The van der Waals surface area contributed by atoms with Crippen LogP contribution in [0.5, 0.6) is 0 Å². The Labute approximate surface area is 271 Å². The van der Waals surface area contributed by atoms with E-state index in [4.69, 9.17) is 17.2 Å². The summed E-state index contributed by atoms with van der Waals surface area (Å²) in [5.41, 5.74) is 19.0. The summed E-state index contributed by atoms with van der Waals surface area (Å²) < 4.78 is 0. The van der Waals surface area contributed by atoms with Gasteiger partial charge >= 0.3 is 0 Å². The van der Waals surface area contributed by atoms with Crippen LogP contribution < -0.4 is 38.5 Å². The summed E-state index contributed by atoms with van der Waals surface area (Å²) in [6.07, 6.45) is 1.53. The SMILES string of the molecule is CC(C)C[C@@H](NC(=O)[C@@H](Cc1ccccc1)NC(=O)[C@H](N)Cc1ccccc1)C(=O)N[C@H](CN=C(N)N)C(=O)N1CCCNCC1. The molecular formula is C33H49N9O4. The van der Waals surface area contributed by atoms with Gasteiger partial charge in [-0.1, -0.05) is 74.5 Å². The van der Waals surface area contributed by atoms with Crippen LogP contribution in [0.4, 0.5) is 0 Å². The molecule has 0 aromatic heterocycles. The highest BCUT2D eigenvalue weighted by molar-refractivity contribution is 5.95. The third-order valence-corrected chi connectivity index (χ3v) is 7.61. The fourth-order valence-corrected chi connectivity index (χ4v) is 5.21. The molecule has 46 heavy (non-hydrogen) atoms. The Balaban J connectivity index is 1.78. The van der Waals surface area contributed by atoms with Gasteiger partial charge < -0.3 is 43.4 Å². The number of rotatable bonds is 15. The second-order valence-electron chi connectivity index (χ2n) is 12.0. The maximum absolute atomic E-state index is 13.8. The molecule has 0 bridgehead atoms. The maximum atomic E-state index is 13.8. The molecule has 250 valence electrons. The van der Waals surface area contributed by atoms with E-state index in [1.807, 2.05) is 74.5 Å². The average molecular weight is 636 g/mol. The highest BCUT2D eigenvalue weighted by Gasteiger charge is 2.32. The summed E-state index contributed by atoms with van der Waals surface area (Å²) in [4.78, 5) is 59.9. The van der Waals surface area contributed by atoms with Crippen molar-refractivity contribution in [3.05, 3.63) is 71.8 Å². The Bertz CT molecular complexity index is 1290. The van der Waals surface area contributed by atoms with Gasteiger partial charge in [0.1, 0.15) is 18.1 Å². The molecule has 0 unspecified atom stereocenters. The number of nitrogens with zero attached hydrogens (tertiary/aromatic N) is 2. The highest BCUT2D eigenvalue weighted by Crippen LogP contribution is 2.10. The molecule has 0 spiro atoms. The molecule has 1 aliphatic heterocycles. The van der Waals surface area contributed by atoms with Gasteiger partial charge in [-0.25, -0.2) is 0 Å². The lowest BCUT2D eigenvalue weighted by molar-refractivity contribution is -0.137. The number of nitrogens with two attached hydrogens (primary N) is 3. The maximum Gasteiger partial charge on any atom is 0.247 e. The first kappa shape index (κ1) is 36.0. The zero-order chi connectivity index (χ0) is 33.5. The van der Waals surface area contributed by atoms with Crippen molar-refractivity contribution in [2.75, 3.05) is 32.7 Å². The Morgan fingerprint density at radius 3 is 1.96 bits per heavy atom. The number of guanidine groups is 1. The van der Waals surface area contributed by atoms with E-state index in [0.717, 1.165) is 24.1 Å². The average Bonchev–Trinajstić information content (AvgIpc) is 3.32. The number of carbonyl (C=O) groups is 4. The first-order chi connectivity index (χ1) is 22.0. The van der Waals surface area contributed by atoms with Crippen LogP contribution >= 0.6 is 0 Å². The first-order valence-corrected chi connectivity index (χ1v) is 15.8. The fraction of sp³-hybridized carbons (Fsp3) is 0.485. The third-order valence-electron chi connectivity index (χ3n) is 7.61. The number of hydrogen-bond donors (Lipinski definition) is 7. The summed E-state index contributed by atoms with van der Waals surface area (Å²) in [6, 6.07) is 14.7. The monoisotopic (exact) mass is 635 g/mol. The van der Waals surface area contributed by atoms with E-state index in [2.05, 4.69) is 26.3 Å². The van der Waals surface area contributed by atoms with Gasteiger partial charge in [-0.2, -0.15) is 0 Å². The van der Waals surface area contributed by atoms with Gasteiger partial charge in [0.15, 0.2) is 5.96 Å². The van der Waals surface area contributed by atoms with Crippen molar-refractivity contribution in [3.8, 4) is 0 Å². The summed E-state index contributed by atoms with van der Waals surface area (Å²) >= 11 is 0. The van der Waals surface area contributed by atoms with Crippen LogP contribution in [0.15, 0.2) is 65.7 Å². The minimum absolute atomic E-state index is 0.0149. The molecule has 0 radical (unpaired) electrons. The van der Waals surface area contributed by atoms with Gasteiger partial charge in [-0.15, -0.1) is 0 Å². The van der Waals surface area contributed by atoms with Crippen molar-refractivity contribution in [1.29, 1.82) is 0 Å². The van der Waals surface area contributed by atoms with Crippen LogP contribution in [-0.4, -0.2) is 91.4 Å². The zero-order valence-corrected chi connectivity index (χ0v) is 26.8. The molecule has 3 rings (SSSR count). The number of nitrogens with one attached hydrogen (secondary N) is 4. The van der Waals surface area contributed by atoms with Gasteiger partial charge in [0.25, 0.3) is 0 Å². The van der Waals surface area contributed by atoms with Crippen LogP contribution in [0.2, 0.25) is 0 Å². The van der Waals surface area contributed by atoms with Crippen molar-refractivity contribution < 1.29 is 19.2 Å². The number of benzene rings is 2. The fourth-order valence-electron chi connectivity index (χ4n) is 5.21. The van der Waals surface area contributed by atoms with Crippen LogP contribution in [-0.2, 0) is 32.0 Å². The van der Waals surface area contributed by atoms with Crippen LogP contribution in [0.25, 0.3) is 0 Å². The normalized spacial score (nSPS) is 15.9. The summed E-state index contributed by atoms with van der Waals surface area (Å²) in [6.45, 7) is 6.12. The lowest BCUT2D eigenvalue weighted by Gasteiger charge is -2.29. The van der Waals surface area contributed by atoms with E-state index >= 15 is 0 Å². The Morgan fingerprint density at radius 1 is 0.783 bits per heavy atom. The molecule has 0 saturated carbocycles. The van der Waals surface area contributed by atoms with Gasteiger partial charge in [-0.05, 0) is 42.9 Å². The molecule has 10 N–H and O–H groups in total. The number of aliphatic imine (C=N–C) groups is 1. The van der Waals surface area contributed by atoms with Crippen LogP contribution in [0.3, 0.4) is 0 Å². The lowest BCUT2D eigenvalue weighted by Crippen LogP contribution is -2.59. The van der Waals surface area contributed by atoms with Gasteiger partial charge in [-0.3, -0.25) is 24.2 Å². The van der Waals surface area contributed by atoms with Crippen molar-refractivity contribution in [3.63, 3.8) is 0 Å². The van der Waals surface area contributed by atoms with Crippen LogP contribution in [0, 0.1) is 5.92 Å². The molecular weight excluding hydrogens is 586 g/mol. The van der Waals surface area contributed by atoms with E-state index in [-0.39, 0.29) is 37.2 Å².